The summed E-state index contributed by atoms with van der Waals surface area (Å²) < 4.78 is 44.9. The number of benzene rings is 1. The summed E-state index contributed by atoms with van der Waals surface area (Å²) >= 11 is 0. The smallest absolute Gasteiger partial charge is 0.435 e. The summed E-state index contributed by atoms with van der Waals surface area (Å²) in [5.74, 6) is -0.480. The Morgan fingerprint density at radius 1 is 1.29 bits per heavy atom. The number of aliphatic hydroxyl groups excluding tert-OH is 1. The van der Waals surface area contributed by atoms with Crippen molar-refractivity contribution in [2.45, 2.75) is 25.6 Å². The lowest BCUT2D eigenvalue weighted by Gasteiger charge is -2.05. The fourth-order valence-electron chi connectivity index (χ4n) is 2.29. The summed E-state index contributed by atoms with van der Waals surface area (Å²) in [6.45, 7) is -0.0406. The number of ether oxygens (including phenoxy) is 1. The van der Waals surface area contributed by atoms with Crippen LogP contribution < -0.4 is 0 Å². The molecule has 0 spiro atoms. The van der Waals surface area contributed by atoms with Crippen molar-refractivity contribution in [3.8, 4) is 0 Å². The van der Waals surface area contributed by atoms with E-state index in [0.717, 1.165) is 0 Å². The highest BCUT2D eigenvalue weighted by Crippen LogP contribution is 2.31. The molecule has 1 N–H and O–H groups in total. The second kappa shape index (κ2) is 7.48. The molecule has 0 aliphatic heterocycles. The molecule has 0 radical (unpaired) electrons. The zero-order valence-electron chi connectivity index (χ0n) is 13.0. The zero-order valence-corrected chi connectivity index (χ0v) is 13.0. The number of aryl methyl sites for hydroxylation is 1. The topological polar surface area (TPSA) is 64.3 Å². The molecule has 5 nitrogen and oxygen atoms in total. The zero-order chi connectivity index (χ0) is 17.7. The Bertz CT molecular complexity index is 694. The van der Waals surface area contributed by atoms with Crippen molar-refractivity contribution < 1.29 is 27.8 Å². The highest BCUT2D eigenvalue weighted by Gasteiger charge is 2.36. The van der Waals surface area contributed by atoms with Gasteiger partial charge in [0.15, 0.2) is 5.69 Å². The van der Waals surface area contributed by atoms with Gasteiger partial charge in [-0.05, 0) is 30.5 Å². The van der Waals surface area contributed by atoms with Gasteiger partial charge in [-0.25, -0.2) is 4.79 Å². The minimum Gasteiger partial charge on any atom is -0.465 e. The molecule has 0 fully saturated rings. The first-order valence-corrected chi connectivity index (χ1v) is 7.26. The number of aliphatic hydroxyl groups is 1. The van der Waals surface area contributed by atoms with Gasteiger partial charge in [-0.2, -0.15) is 18.3 Å². The van der Waals surface area contributed by atoms with Crippen LogP contribution in [-0.4, -0.2) is 34.6 Å². The summed E-state index contributed by atoms with van der Waals surface area (Å²) in [5.41, 5.74) is 0.193. The van der Waals surface area contributed by atoms with E-state index in [1.54, 1.807) is 24.3 Å². The molecule has 1 heterocycles. The first-order valence-electron chi connectivity index (χ1n) is 7.26. The van der Waals surface area contributed by atoms with Gasteiger partial charge in [0.2, 0.25) is 0 Å². The number of nitrogens with zero attached hydrogens (tertiary/aromatic N) is 2. The summed E-state index contributed by atoms with van der Waals surface area (Å²) in [5, 5.41) is 12.4. The standard InChI is InChI=1S/C16H17F3N2O3/c1-24-15(23)12-6-4-11(5-7-12)9-21-10-13(3-2-8-22)14(20-21)16(17,18)19/h4-7,10,22H,2-3,8-9H2,1H3. The lowest BCUT2D eigenvalue weighted by Crippen LogP contribution is -2.10. The highest BCUT2D eigenvalue weighted by atomic mass is 19.4. The average Bonchev–Trinajstić information content (AvgIpc) is 2.96. The molecule has 0 unspecified atom stereocenters. The van der Waals surface area contributed by atoms with Crippen LogP contribution in [0.15, 0.2) is 30.5 Å². The van der Waals surface area contributed by atoms with Gasteiger partial charge in [-0.15, -0.1) is 0 Å². The molecule has 0 amide bonds. The second-order valence-electron chi connectivity index (χ2n) is 5.21. The van der Waals surface area contributed by atoms with Gasteiger partial charge in [0.05, 0.1) is 19.2 Å². The summed E-state index contributed by atoms with van der Waals surface area (Å²) in [4.78, 5) is 11.4. The van der Waals surface area contributed by atoms with E-state index in [4.69, 9.17) is 5.11 Å². The first-order chi connectivity index (χ1) is 11.3. The minimum absolute atomic E-state index is 0.0581. The Morgan fingerprint density at radius 2 is 1.96 bits per heavy atom. The molecule has 0 atom stereocenters. The number of methoxy groups -OCH3 is 1. The molecule has 0 aliphatic rings. The van der Waals surface area contributed by atoms with E-state index in [9.17, 15) is 18.0 Å². The van der Waals surface area contributed by atoms with Gasteiger partial charge in [0.1, 0.15) is 0 Å². The fraction of sp³-hybridized carbons (Fsp3) is 0.375. The maximum atomic E-state index is 13.0. The molecule has 2 aromatic rings. The maximum Gasteiger partial charge on any atom is 0.435 e. The fourth-order valence-corrected chi connectivity index (χ4v) is 2.29. The van der Waals surface area contributed by atoms with Crippen LogP contribution in [0.4, 0.5) is 13.2 Å². The van der Waals surface area contributed by atoms with Crippen molar-refractivity contribution in [1.82, 2.24) is 9.78 Å². The summed E-state index contributed by atoms with van der Waals surface area (Å²) in [6.07, 6.45) is -2.85. The Kier molecular flexibility index (Phi) is 5.61. The predicted octanol–water partition coefficient (Wildman–Crippen LogP) is 2.66. The van der Waals surface area contributed by atoms with E-state index in [2.05, 4.69) is 9.84 Å². The van der Waals surface area contributed by atoms with Crippen LogP contribution in [0.5, 0.6) is 0 Å². The first kappa shape index (κ1) is 18.0. The molecule has 1 aromatic heterocycles. The molecule has 2 rings (SSSR count). The molecule has 130 valence electrons. The molecule has 0 bridgehead atoms. The minimum atomic E-state index is -4.54. The molecular weight excluding hydrogens is 325 g/mol. The highest BCUT2D eigenvalue weighted by molar-refractivity contribution is 5.89. The number of hydrogen-bond donors (Lipinski definition) is 1. The number of carbonyl (C=O) groups is 1. The molecule has 24 heavy (non-hydrogen) atoms. The number of aromatic nitrogens is 2. The van der Waals surface area contributed by atoms with Crippen molar-refractivity contribution in [3.05, 3.63) is 52.8 Å². The van der Waals surface area contributed by atoms with Crippen LogP contribution in [0.25, 0.3) is 0 Å². The van der Waals surface area contributed by atoms with E-state index in [0.29, 0.717) is 11.1 Å². The Balaban J connectivity index is 2.20. The maximum absolute atomic E-state index is 13.0. The Morgan fingerprint density at radius 3 is 2.50 bits per heavy atom. The molecule has 0 saturated carbocycles. The van der Waals surface area contributed by atoms with Crippen LogP contribution >= 0.6 is 0 Å². The third-order valence-corrected chi connectivity index (χ3v) is 3.43. The third kappa shape index (κ3) is 4.35. The lowest BCUT2D eigenvalue weighted by molar-refractivity contribution is -0.142. The lowest BCUT2D eigenvalue weighted by atomic mass is 10.1. The van der Waals surface area contributed by atoms with Gasteiger partial charge in [-0.3, -0.25) is 4.68 Å². The van der Waals surface area contributed by atoms with E-state index < -0.39 is 17.8 Å². The second-order valence-corrected chi connectivity index (χ2v) is 5.21. The largest absolute Gasteiger partial charge is 0.465 e. The van der Waals surface area contributed by atoms with Crippen molar-refractivity contribution in [1.29, 1.82) is 0 Å². The van der Waals surface area contributed by atoms with Crippen LogP contribution in [-0.2, 0) is 23.9 Å². The van der Waals surface area contributed by atoms with Gasteiger partial charge in [0.25, 0.3) is 0 Å². The van der Waals surface area contributed by atoms with Crippen molar-refractivity contribution in [2.75, 3.05) is 13.7 Å². The van der Waals surface area contributed by atoms with Gasteiger partial charge in [0, 0.05) is 18.4 Å². The van der Waals surface area contributed by atoms with Crippen LogP contribution in [0.2, 0.25) is 0 Å². The van der Waals surface area contributed by atoms with Crippen LogP contribution in [0.1, 0.15) is 33.6 Å². The predicted molar refractivity (Wildman–Crippen MR) is 79.5 cm³/mol. The molecular formula is C16H17F3N2O3. The number of esters is 1. The van der Waals surface area contributed by atoms with Crippen molar-refractivity contribution >= 4 is 5.97 Å². The quantitative estimate of drug-likeness (QED) is 0.820. The van der Waals surface area contributed by atoms with Gasteiger partial charge >= 0.3 is 12.1 Å². The SMILES string of the molecule is COC(=O)c1ccc(Cn2cc(CCCO)c(C(F)(F)F)n2)cc1. The number of carbonyl (C=O) groups excluding carboxylic acids is 1. The van der Waals surface area contributed by atoms with Crippen LogP contribution in [0.3, 0.4) is 0 Å². The van der Waals surface area contributed by atoms with Gasteiger partial charge < -0.3 is 9.84 Å². The normalized spacial score (nSPS) is 11.5. The number of rotatable bonds is 6. The van der Waals surface area contributed by atoms with E-state index in [1.165, 1.54) is 18.0 Å². The monoisotopic (exact) mass is 342 g/mol. The van der Waals surface area contributed by atoms with E-state index >= 15 is 0 Å². The number of hydrogen-bond acceptors (Lipinski definition) is 4. The third-order valence-electron chi connectivity index (χ3n) is 3.43. The molecule has 0 aliphatic carbocycles. The van der Waals surface area contributed by atoms with Crippen molar-refractivity contribution in [3.63, 3.8) is 0 Å². The van der Waals surface area contributed by atoms with Gasteiger partial charge in [-0.1, -0.05) is 12.1 Å². The molecule has 1 aromatic carbocycles. The number of halogens is 3. The van der Waals surface area contributed by atoms with Crippen molar-refractivity contribution in [2.24, 2.45) is 0 Å². The molecule has 0 saturated heterocycles. The molecule has 8 heteroatoms. The Labute approximate surface area is 136 Å². The Hall–Kier alpha value is -2.35. The summed E-state index contributed by atoms with van der Waals surface area (Å²) in [7, 11) is 1.27. The van der Waals surface area contributed by atoms with E-state index in [-0.39, 0.29) is 31.6 Å². The summed E-state index contributed by atoms with van der Waals surface area (Å²) in [6, 6.07) is 6.35. The van der Waals surface area contributed by atoms with E-state index in [1.807, 2.05) is 0 Å². The number of alkyl halides is 3. The average molecular weight is 342 g/mol. The van der Waals surface area contributed by atoms with Crippen LogP contribution in [0, 0.1) is 0 Å².